The molecule has 0 fully saturated rings. The Morgan fingerprint density at radius 1 is 1.52 bits per heavy atom. The fourth-order valence-corrected chi connectivity index (χ4v) is 2.50. The molecule has 0 radical (unpaired) electrons. The molecule has 1 N–H and O–H groups in total. The smallest absolute Gasteiger partial charge is 0.410 e. The molecule has 0 atom stereocenters. The summed E-state index contributed by atoms with van der Waals surface area (Å²) in [5.41, 5.74) is 0.520. The quantitative estimate of drug-likeness (QED) is 0.909. The van der Waals surface area contributed by atoms with E-state index in [0.717, 1.165) is 16.5 Å². The molecule has 7 heteroatoms. The van der Waals surface area contributed by atoms with Crippen LogP contribution in [0.25, 0.3) is 0 Å². The average molecular weight is 310 g/mol. The van der Waals surface area contributed by atoms with Crippen molar-refractivity contribution in [3.05, 3.63) is 16.1 Å². The first-order valence-corrected chi connectivity index (χ1v) is 7.87. The number of amides is 1. The van der Waals surface area contributed by atoms with E-state index in [1.807, 2.05) is 33.1 Å². The van der Waals surface area contributed by atoms with Crippen LogP contribution in [0.15, 0.2) is 10.4 Å². The number of hydrogen-bond donors (Lipinski definition) is 1. The summed E-state index contributed by atoms with van der Waals surface area (Å²) >= 11 is 1.63. The molecule has 1 aliphatic rings. The molecule has 21 heavy (non-hydrogen) atoms. The number of nitrogens with one attached hydrogen (secondary N) is 1. The predicted molar refractivity (Wildman–Crippen MR) is 83.8 cm³/mol. The molecule has 0 unspecified atom stereocenters. The highest BCUT2D eigenvalue weighted by molar-refractivity contribution is 7.09. The van der Waals surface area contributed by atoms with Crippen LogP contribution in [0.1, 0.15) is 31.5 Å². The number of amidine groups is 1. The largest absolute Gasteiger partial charge is 0.444 e. The molecule has 0 saturated heterocycles. The van der Waals surface area contributed by atoms with Crippen LogP contribution in [-0.4, -0.2) is 47.0 Å². The first-order chi connectivity index (χ1) is 9.83. The highest BCUT2D eigenvalue weighted by atomic mass is 32.1. The van der Waals surface area contributed by atoms with E-state index >= 15 is 0 Å². The molecule has 0 aromatic carbocycles. The lowest BCUT2D eigenvalue weighted by Crippen LogP contribution is -2.47. The van der Waals surface area contributed by atoms with Crippen molar-refractivity contribution in [1.82, 2.24) is 15.2 Å². The van der Waals surface area contributed by atoms with E-state index in [1.54, 1.807) is 16.2 Å². The highest BCUT2D eigenvalue weighted by Gasteiger charge is 2.24. The average Bonchev–Trinajstić information content (AvgIpc) is 2.81. The third-order valence-electron chi connectivity index (χ3n) is 2.81. The highest BCUT2D eigenvalue weighted by Crippen LogP contribution is 2.11. The summed E-state index contributed by atoms with van der Waals surface area (Å²) in [6, 6.07) is 0. The third-order valence-corrected chi connectivity index (χ3v) is 3.63. The molecule has 0 saturated carbocycles. The Hall–Kier alpha value is -1.63. The number of nitrogens with zero attached hydrogens (tertiary/aromatic N) is 3. The van der Waals surface area contributed by atoms with Gasteiger partial charge in [0.1, 0.15) is 11.4 Å². The molecule has 0 spiro atoms. The molecule has 1 amide bonds. The Labute approximate surface area is 129 Å². The predicted octanol–water partition coefficient (Wildman–Crippen LogP) is 2.19. The lowest BCUT2D eigenvalue weighted by atomic mass is 10.2. The maximum Gasteiger partial charge on any atom is 0.410 e. The van der Waals surface area contributed by atoms with Crippen molar-refractivity contribution >= 4 is 23.3 Å². The van der Waals surface area contributed by atoms with Crippen molar-refractivity contribution < 1.29 is 9.53 Å². The van der Waals surface area contributed by atoms with Crippen LogP contribution in [0.5, 0.6) is 0 Å². The second-order valence-electron chi connectivity index (χ2n) is 5.94. The van der Waals surface area contributed by atoms with Crippen molar-refractivity contribution in [1.29, 1.82) is 0 Å². The molecule has 0 bridgehead atoms. The summed E-state index contributed by atoms with van der Waals surface area (Å²) in [4.78, 5) is 22.5. The van der Waals surface area contributed by atoms with Crippen LogP contribution in [-0.2, 0) is 11.3 Å². The van der Waals surface area contributed by atoms with Gasteiger partial charge in [-0.1, -0.05) is 0 Å². The first-order valence-electron chi connectivity index (χ1n) is 6.99. The van der Waals surface area contributed by atoms with Crippen LogP contribution in [0.2, 0.25) is 0 Å². The SMILES string of the molecule is Cc1nc(CNC2=NCCN(C(=O)OC(C)(C)C)C2)cs1. The van der Waals surface area contributed by atoms with Gasteiger partial charge >= 0.3 is 6.09 Å². The van der Waals surface area contributed by atoms with Gasteiger partial charge in [0.25, 0.3) is 0 Å². The number of carbonyl (C=O) groups is 1. The zero-order valence-electron chi connectivity index (χ0n) is 13.0. The third kappa shape index (κ3) is 5.00. The maximum atomic E-state index is 12.0. The summed E-state index contributed by atoms with van der Waals surface area (Å²) in [6.45, 7) is 9.86. The summed E-state index contributed by atoms with van der Waals surface area (Å²) in [7, 11) is 0. The van der Waals surface area contributed by atoms with Crippen molar-refractivity contribution in [3.63, 3.8) is 0 Å². The molecule has 1 aliphatic heterocycles. The van der Waals surface area contributed by atoms with Gasteiger partial charge in [0, 0.05) is 11.9 Å². The lowest BCUT2D eigenvalue weighted by Gasteiger charge is -2.29. The number of ether oxygens (including phenoxy) is 1. The van der Waals surface area contributed by atoms with Gasteiger partial charge in [-0.15, -0.1) is 11.3 Å². The van der Waals surface area contributed by atoms with E-state index in [-0.39, 0.29) is 6.09 Å². The van der Waals surface area contributed by atoms with Gasteiger partial charge in [-0.25, -0.2) is 9.78 Å². The van der Waals surface area contributed by atoms with Crippen LogP contribution in [0.4, 0.5) is 4.79 Å². The molecule has 116 valence electrons. The van der Waals surface area contributed by atoms with E-state index in [9.17, 15) is 4.79 Å². The number of rotatable bonds is 2. The Morgan fingerprint density at radius 3 is 2.90 bits per heavy atom. The van der Waals surface area contributed by atoms with Gasteiger partial charge in [0.2, 0.25) is 0 Å². The van der Waals surface area contributed by atoms with Crippen molar-refractivity contribution in [2.45, 2.75) is 39.8 Å². The summed E-state index contributed by atoms with van der Waals surface area (Å²) in [5, 5.41) is 6.32. The van der Waals surface area contributed by atoms with E-state index < -0.39 is 5.60 Å². The minimum absolute atomic E-state index is 0.291. The van der Waals surface area contributed by atoms with Crippen molar-refractivity contribution in [2.24, 2.45) is 4.99 Å². The second-order valence-corrected chi connectivity index (χ2v) is 7.00. The zero-order valence-corrected chi connectivity index (χ0v) is 13.8. The Morgan fingerprint density at radius 2 is 2.29 bits per heavy atom. The van der Waals surface area contributed by atoms with Crippen LogP contribution >= 0.6 is 11.3 Å². The number of carbonyl (C=O) groups excluding carboxylic acids is 1. The number of aryl methyl sites for hydroxylation is 1. The van der Waals surface area contributed by atoms with Gasteiger partial charge in [0.05, 0.1) is 30.3 Å². The molecule has 2 heterocycles. The second kappa shape index (κ2) is 6.43. The van der Waals surface area contributed by atoms with Gasteiger partial charge in [-0.05, 0) is 27.7 Å². The summed E-state index contributed by atoms with van der Waals surface area (Å²) < 4.78 is 5.39. The van der Waals surface area contributed by atoms with Crippen molar-refractivity contribution in [3.8, 4) is 0 Å². The number of aliphatic imine (C=N–C) groups is 1. The summed E-state index contributed by atoms with van der Waals surface area (Å²) in [5.74, 6) is 0.803. The number of hydrogen-bond acceptors (Lipinski definition) is 6. The molecule has 2 rings (SSSR count). The standard InChI is InChI=1S/C14H22N4O2S/c1-10-17-11(9-21-10)7-16-12-8-18(6-5-15-12)13(19)20-14(2,3)4/h9H,5-8H2,1-4H3,(H,15,16). The zero-order chi connectivity index (χ0) is 15.5. The first kappa shape index (κ1) is 15.8. The fourth-order valence-electron chi connectivity index (χ4n) is 1.89. The van der Waals surface area contributed by atoms with Crippen LogP contribution in [0, 0.1) is 6.92 Å². The normalized spacial score (nSPS) is 15.6. The Kier molecular flexibility index (Phi) is 4.82. The molecule has 1 aromatic rings. The monoisotopic (exact) mass is 310 g/mol. The topological polar surface area (TPSA) is 66.8 Å². The van der Waals surface area contributed by atoms with Crippen molar-refractivity contribution in [2.75, 3.05) is 19.6 Å². The molecular formula is C14H22N4O2S. The van der Waals surface area contributed by atoms with E-state index in [4.69, 9.17) is 4.74 Å². The van der Waals surface area contributed by atoms with E-state index in [0.29, 0.717) is 26.2 Å². The van der Waals surface area contributed by atoms with Gasteiger partial charge in [-0.3, -0.25) is 9.89 Å². The van der Waals surface area contributed by atoms with Crippen LogP contribution in [0.3, 0.4) is 0 Å². The Bertz CT molecular complexity index is 533. The number of aromatic nitrogens is 1. The van der Waals surface area contributed by atoms with Gasteiger partial charge in [-0.2, -0.15) is 0 Å². The molecule has 6 nitrogen and oxygen atoms in total. The van der Waals surface area contributed by atoms with Gasteiger partial charge < -0.3 is 10.1 Å². The number of thiazole rings is 1. The maximum absolute atomic E-state index is 12.0. The Balaban J connectivity index is 1.85. The molecule has 0 aliphatic carbocycles. The van der Waals surface area contributed by atoms with E-state index in [2.05, 4.69) is 15.3 Å². The molecule has 1 aromatic heterocycles. The van der Waals surface area contributed by atoms with Gasteiger partial charge in [0.15, 0.2) is 0 Å². The molecular weight excluding hydrogens is 288 g/mol. The summed E-state index contributed by atoms with van der Waals surface area (Å²) in [6.07, 6.45) is -0.291. The fraction of sp³-hybridized carbons (Fsp3) is 0.643. The van der Waals surface area contributed by atoms with E-state index in [1.165, 1.54) is 0 Å². The lowest BCUT2D eigenvalue weighted by molar-refractivity contribution is 0.0276. The minimum atomic E-state index is -0.475. The van der Waals surface area contributed by atoms with Crippen LogP contribution < -0.4 is 5.32 Å². The minimum Gasteiger partial charge on any atom is -0.444 e.